The van der Waals surface area contributed by atoms with Gasteiger partial charge in [-0.05, 0) is 30.3 Å². The van der Waals surface area contributed by atoms with Gasteiger partial charge < -0.3 is 4.74 Å². The summed E-state index contributed by atoms with van der Waals surface area (Å²) in [6.45, 7) is 0. The van der Waals surface area contributed by atoms with E-state index in [-0.39, 0.29) is 27.6 Å². The number of rotatable bonds is 5. The third kappa shape index (κ3) is 5.14. The minimum atomic E-state index is -4.61. The number of ether oxygens (including phenoxy) is 1. The predicted octanol–water partition coefficient (Wildman–Crippen LogP) is 4.36. The lowest BCUT2D eigenvalue weighted by Gasteiger charge is -2.16. The van der Waals surface area contributed by atoms with Gasteiger partial charge in [-0.3, -0.25) is 4.72 Å². The summed E-state index contributed by atoms with van der Waals surface area (Å²) < 4.78 is 83.0. The average Bonchev–Trinajstić information content (AvgIpc) is 2.65. The smallest absolute Gasteiger partial charge is 0.416 e. The molecule has 0 unspecified atom stereocenters. The van der Waals surface area contributed by atoms with Gasteiger partial charge >= 0.3 is 6.18 Å². The molecule has 0 saturated heterocycles. The number of alkyl halides is 3. The molecule has 7 nitrogen and oxygen atoms in total. The largest absolute Gasteiger partial charge is 0.455 e. The summed E-state index contributed by atoms with van der Waals surface area (Å²) in [5.74, 6) is -1.41. The summed E-state index contributed by atoms with van der Waals surface area (Å²) in [6.07, 6.45) is -2.11. The Morgan fingerprint density at radius 1 is 1.07 bits per heavy atom. The highest BCUT2D eigenvalue weighted by molar-refractivity contribution is 7.90. The summed E-state index contributed by atoms with van der Waals surface area (Å²) in [5.41, 5.74) is -1.20. The molecule has 0 spiro atoms. The topological polar surface area (TPSA) is 107 Å². The lowest BCUT2D eigenvalue weighted by atomic mass is 10.0. The fraction of sp³-hybridized carbons (Fsp3) is 0.0588. The Morgan fingerprint density at radius 3 is 2.40 bits per heavy atom. The molecule has 0 aliphatic rings. The first kappa shape index (κ1) is 21.7. The van der Waals surface area contributed by atoms with E-state index in [1.807, 2.05) is 0 Å². The van der Waals surface area contributed by atoms with Gasteiger partial charge in [0.2, 0.25) is 0 Å². The fourth-order valence-corrected chi connectivity index (χ4v) is 3.09. The van der Waals surface area contributed by atoms with Gasteiger partial charge in [0.25, 0.3) is 10.2 Å². The fourth-order valence-electron chi connectivity index (χ4n) is 2.43. The maximum absolute atomic E-state index is 14.2. The zero-order valence-corrected chi connectivity index (χ0v) is 16.2. The maximum atomic E-state index is 14.2. The van der Waals surface area contributed by atoms with Crippen LogP contribution in [0, 0.1) is 5.82 Å². The number of anilines is 1. The Bertz CT molecular complexity index is 1190. The first-order chi connectivity index (χ1) is 13.9. The Morgan fingerprint density at radius 2 is 1.80 bits per heavy atom. The molecule has 0 atom stereocenters. The second-order valence-corrected chi connectivity index (χ2v) is 7.55. The number of nitrogens with two attached hydrogens (primary N) is 1. The van der Waals surface area contributed by atoms with E-state index < -0.39 is 33.5 Å². The molecule has 3 aromatic rings. The van der Waals surface area contributed by atoms with E-state index in [1.165, 1.54) is 18.5 Å². The minimum Gasteiger partial charge on any atom is -0.455 e. The van der Waals surface area contributed by atoms with Gasteiger partial charge in [0.05, 0.1) is 28.7 Å². The standard InChI is InChI=1S/C17H11ClF4N4O3S/c18-12-6-14(26-30(23,27)28)13(19)7-16(12)29-15-2-1-10(17(20,21)22)5-11(15)9-3-4-24-25-8-9/h1-8,26H,(H2,23,27,28). The van der Waals surface area contributed by atoms with Crippen molar-refractivity contribution in [1.82, 2.24) is 10.2 Å². The number of benzene rings is 2. The van der Waals surface area contributed by atoms with Crippen LogP contribution in [0.4, 0.5) is 23.2 Å². The van der Waals surface area contributed by atoms with Crippen LogP contribution in [0.1, 0.15) is 5.56 Å². The monoisotopic (exact) mass is 462 g/mol. The molecule has 0 fully saturated rings. The summed E-state index contributed by atoms with van der Waals surface area (Å²) in [5, 5.41) is 11.8. The molecule has 0 saturated carbocycles. The van der Waals surface area contributed by atoms with Crippen molar-refractivity contribution in [2.45, 2.75) is 6.18 Å². The second kappa shape index (κ2) is 8.05. The maximum Gasteiger partial charge on any atom is 0.416 e. The number of hydrogen-bond acceptors (Lipinski definition) is 5. The summed E-state index contributed by atoms with van der Waals surface area (Å²) in [7, 11) is -4.26. The van der Waals surface area contributed by atoms with Crippen molar-refractivity contribution >= 4 is 27.5 Å². The van der Waals surface area contributed by atoms with Gasteiger partial charge in [-0.15, -0.1) is 0 Å². The second-order valence-electron chi connectivity index (χ2n) is 5.85. The van der Waals surface area contributed by atoms with E-state index >= 15 is 0 Å². The lowest BCUT2D eigenvalue weighted by Crippen LogP contribution is -2.22. The number of halogens is 5. The van der Waals surface area contributed by atoms with E-state index in [0.717, 1.165) is 30.3 Å². The third-order valence-corrected chi connectivity index (χ3v) is 4.50. The number of aromatic nitrogens is 2. The molecule has 2 aromatic carbocycles. The highest BCUT2D eigenvalue weighted by Crippen LogP contribution is 2.41. The van der Waals surface area contributed by atoms with Crippen LogP contribution in [-0.4, -0.2) is 18.6 Å². The van der Waals surface area contributed by atoms with Gasteiger partial charge in [-0.2, -0.15) is 31.8 Å². The van der Waals surface area contributed by atoms with Gasteiger partial charge in [-0.1, -0.05) is 11.6 Å². The van der Waals surface area contributed by atoms with Crippen LogP contribution in [0.5, 0.6) is 11.5 Å². The molecule has 13 heteroatoms. The Hall–Kier alpha value is -2.96. The van der Waals surface area contributed by atoms with Crippen molar-refractivity contribution in [1.29, 1.82) is 0 Å². The molecule has 0 amide bonds. The molecule has 0 radical (unpaired) electrons. The molecule has 158 valence electrons. The van der Waals surface area contributed by atoms with E-state index in [4.69, 9.17) is 21.5 Å². The summed E-state index contributed by atoms with van der Waals surface area (Å²) in [6, 6.07) is 5.76. The quantitative estimate of drug-likeness (QED) is 0.548. The van der Waals surface area contributed by atoms with Crippen molar-refractivity contribution in [3.63, 3.8) is 0 Å². The van der Waals surface area contributed by atoms with Gasteiger partial charge in [0, 0.05) is 17.2 Å². The van der Waals surface area contributed by atoms with Crippen LogP contribution in [0.25, 0.3) is 11.1 Å². The average molecular weight is 463 g/mol. The molecule has 0 aliphatic heterocycles. The molecule has 3 rings (SSSR count). The van der Waals surface area contributed by atoms with Crippen LogP contribution in [0.3, 0.4) is 0 Å². The van der Waals surface area contributed by atoms with Crippen molar-refractivity contribution in [2.75, 3.05) is 4.72 Å². The molecule has 1 heterocycles. The van der Waals surface area contributed by atoms with Gasteiger partial charge in [0.1, 0.15) is 11.5 Å². The van der Waals surface area contributed by atoms with E-state index in [2.05, 4.69) is 10.2 Å². The molecule has 1 aromatic heterocycles. The molecule has 0 bridgehead atoms. The zero-order chi connectivity index (χ0) is 22.1. The first-order valence-electron chi connectivity index (χ1n) is 7.90. The van der Waals surface area contributed by atoms with E-state index in [9.17, 15) is 26.0 Å². The summed E-state index contributed by atoms with van der Waals surface area (Å²) >= 11 is 6.01. The van der Waals surface area contributed by atoms with Crippen molar-refractivity contribution in [3.8, 4) is 22.6 Å². The van der Waals surface area contributed by atoms with Crippen molar-refractivity contribution in [3.05, 3.63) is 65.2 Å². The third-order valence-electron chi connectivity index (χ3n) is 3.70. The predicted molar refractivity (Wildman–Crippen MR) is 101 cm³/mol. The van der Waals surface area contributed by atoms with Gasteiger partial charge in [0.15, 0.2) is 5.82 Å². The van der Waals surface area contributed by atoms with E-state index in [0.29, 0.717) is 0 Å². The van der Waals surface area contributed by atoms with Crippen LogP contribution < -0.4 is 14.6 Å². The van der Waals surface area contributed by atoms with Crippen molar-refractivity contribution in [2.24, 2.45) is 5.14 Å². The minimum absolute atomic E-state index is 0.00272. The number of nitrogens with one attached hydrogen (secondary N) is 1. The van der Waals surface area contributed by atoms with Crippen LogP contribution in [0.2, 0.25) is 5.02 Å². The normalized spacial score (nSPS) is 11.9. The van der Waals surface area contributed by atoms with E-state index in [1.54, 1.807) is 4.72 Å². The SMILES string of the molecule is NS(=O)(=O)Nc1cc(Cl)c(Oc2ccc(C(F)(F)F)cc2-c2ccnnc2)cc1F. The Balaban J connectivity index is 2.06. The number of nitrogens with zero attached hydrogens (tertiary/aromatic N) is 2. The van der Waals surface area contributed by atoms with Crippen LogP contribution >= 0.6 is 11.6 Å². The molecule has 3 N–H and O–H groups in total. The lowest BCUT2D eigenvalue weighted by molar-refractivity contribution is -0.137. The Labute approximate surface area is 172 Å². The van der Waals surface area contributed by atoms with Gasteiger partial charge in [-0.25, -0.2) is 9.53 Å². The number of hydrogen-bond donors (Lipinski definition) is 2. The highest BCUT2D eigenvalue weighted by atomic mass is 35.5. The molecular formula is C17H11ClF4N4O3S. The summed E-state index contributed by atoms with van der Waals surface area (Å²) in [4.78, 5) is 0. The van der Waals surface area contributed by atoms with Crippen LogP contribution in [0.15, 0.2) is 48.8 Å². The molecular weight excluding hydrogens is 452 g/mol. The van der Waals surface area contributed by atoms with Crippen LogP contribution in [-0.2, 0) is 16.4 Å². The highest BCUT2D eigenvalue weighted by Gasteiger charge is 2.31. The molecule has 0 aliphatic carbocycles. The Kier molecular flexibility index (Phi) is 5.83. The zero-order valence-electron chi connectivity index (χ0n) is 14.6. The first-order valence-corrected chi connectivity index (χ1v) is 9.82. The van der Waals surface area contributed by atoms with Crippen molar-refractivity contribution < 1.29 is 30.7 Å². The molecule has 30 heavy (non-hydrogen) atoms.